The molecule has 2 nitrogen and oxygen atoms in total. The summed E-state index contributed by atoms with van der Waals surface area (Å²) in [6.07, 6.45) is 2.34. The van der Waals surface area contributed by atoms with Crippen LogP contribution in [0.1, 0.15) is 71.1 Å². The lowest BCUT2D eigenvalue weighted by Gasteiger charge is -2.28. The van der Waals surface area contributed by atoms with Crippen LogP contribution < -0.4 is 0 Å². The Balaban J connectivity index is 3.32. The first-order valence-corrected chi connectivity index (χ1v) is 7.31. The van der Waals surface area contributed by atoms with Crippen LogP contribution in [-0.2, 0) is 17.3 Å². The molecule has 0 saturated carbocycles. The van der Waals surface area contributed by atoms with E-state index in [1.807, 2.05) is 0 Å². The Kier molecular flexibility index (Phi) is 4.86. The zero-order valence-electron chi connectivity index (χ0n) is 13.7. The Morgan fingerprint density at radius 3 is 1.80 bits per heavy atom. The molecule has 0 atom stereocenters. The monoisotopic (exact) mass is 273 g/mol. The Bertz CT molecular complexity index is 475. The third kappa shape index (κ3) is 4.00. The maximum Gasteiger partial charge on any atom is 0.123 e. The average molecular weight is 273 g/mol. The lowest BCUT2D eigenvalue weighted by atomic mass is 9.78. The number of nitrogens with zero attached hydrogens (tertiary/aromatic N) is 1. The van der Waals surface area contributed by atoms with Crippen molar-refractivity contribution in [1.29, 1.82) is 5.26 Å². The fraction of sp³-hybridized carbons (Fsp3) is 0.611. The summed E-state index contributed by atoms with van der Waals surface area (Å²) in [5, 5.41) is 19.3. The van der Waals surface area contributed by atoms with Crippen LogP contribution in [0.15, 0.2) is 12.1 Å². The van der Waals surface area contributed by atoms with Crippen LogP contribution in [0.3, 0.4) is 0 Å². The van der Waals surface area contributed by atoms with Crippen LogP contribution in [0.5, 0.6) is 5.75 Å². The van der Waals surface area contributed by atoms with Gasteiger partial charge in [-0.25, -0.2) is 0 Å². The molecule has 0 amide bonds. The Morgan fingerprint density at radius 2 is 1.45 bits per heavy atom. The van der Waals surface area contributed by atoms with Crippen molar-refractivity contribution < 1.29 is 5.11 Å². The zero-order valence-corrected chi connectivity index (χ0v) is 13.7. The summed E-state index contributed by atoms with van der Waals surface area (Å²) in [5.41, 5.74) is 3.03. The molecule has 0 aromatic heterocycles. The van der Waals surface area contributed by atoms with E-state index in [4.69, 9.17) is 5.26 Å². The van der Waals surface area contributed by atoms with E-state index in [2.05, 4.69) is 59.7 Å². The summed E-state index contributed by atoms with van der Waals surface area (Å²) in [6.45, 7) is 12.7. The van der Waals surface area contributed by atoms with E-state index < -0.39 is 0 Å². The highest BCUT2D eigenvalue weighted by Gasteiger charge is 2.26. The highest BCUT2D eigenvalue weighted by atomic mass is 16.3. The number of phenolic OH excluding ortho intramolecular Hbond substituents is 1. The standard InChI is InChI=1S/C18H27NO/c1-17(2,3)14-11-13(9-7-8-10-19)12-15(16(14)20)18(4,5)6/h11-12,20H,7-9H2,1-6H3. The van der Waals surface area contributed by atoms with E-state index in [0.717, 1.165) is 24.0 Å². The number of unbranched alkanes of at least 4 members (excludes halogenated alkanes) is 1. The van der Waals surface area contributed by atoms with Gasteiger partial charge >= 0.3 is 0 Å². The molecule has 0 bridgehead atoms. The normalized spacial score (nSPS) is 12.2. The number of aryl methyl sites for hydroxylation is 1. The predicted molar refractivity (Wildman–Crippen MR) is 84.1 cm³/mol. The highest BCUT2D eigenvalue weighted by molar-refractivity contribution is 5.49. The second-order valence-electron chi connectivity index (χ2n) is 7.55. The Labute approximate surface area is 123 Å². The molecule has 0 saturated heterocycles. The van der Waals surface area contributed by atoms with Crippen LogP contribution >= 0.6 is 0 Å². The lowest BCUT2D eigenvalue weighted by Crippen LogP contribution is -2.17. The second kappa shape index (κ2) is 5.87. The van der Waals surface area contributed by atoms with E-state index in [1.165, 1.54) is 5.56 Å². The maximum absolute atomic E-state index is 10.6. The van der Waals surface area contributed by atoms with Gasteiger partial charge in [0, 0.05) is 6.42 Å². The van der Waals surface area contributed by atoms with Crippen molar-refractivity contribution in [2.45, 2.75) is 71.6 Å². The fourth-order valence-corrected chi connectivity index (χ4v) is 2.35. The summed E-state index contributed by atoms with van der Waals surface area (Å²) in [7, 11) is 0. The van der Waals surface area contributed by atoms with Crippen molar-refractivity contribution >= 4 is 0 Å². The molecule has 0 aliphatic rings. The number of phenols is 1. The molecule has 1 N–H and O–H groups in total. The molecule has 0 unspecified atom stereocenters. The summed E-state index contributed by atoms with van der Waals surface area (Å²) in [6, 6.07) is 6.39. The van der Waals surface area contributed by atoms with Crippen LogP contribution in [-0.4, -0.2) is 5.11 Å². The fourth-order valence-electron chi connectivity index (χ4n) is 2.35. The largest absolute Gasteiger partial charge is 0.507 e. The van der Waals surface area contributed by atoms with E-state index in [-0.39, 0.29) is 10.8 Å². The van der Waals surface area contributed by atoms with Crippen molar-refractivity contribution in [2.75, 3.05) is 0 Å². The first-order chi connectivity index (χ1) is 9.07. The topological polar surface area (TPSA) is 44.0 Å². The first kappa shape index (κ1) is 16.6. The summed E-state index contributed by atoms with van der Waals surface area (Å²) in [5.74, 6) is 0.425. The minimum absolute atomic E-state index is 0.0880. The van der Waals surface area contributed by atoms with E-state index in [0.29, 0.717) is 12.2 Å². The number of nitriles is 1. The van der Waals surface area contributed by atoms with E-state index >= 15 is 0 Å². The third-order valence-corrected chi connectivity index (χ3v) is 3.54. The van der Waals surface area contributed by atoms with Gasteiger partial charge in [-0.05, 0) is 40.4 Å². The SMILES string of the molecule is CC(C)(C)c1cc(CCCC#N)cc(C(C)(C)C)c1O. The van der Waals surface area contributed by atoms with Crippen LogP contribution in [0.4, 0.5) is 0 Å². The molecule has 110 valence electrons. The molecule has 0 aliphatic carbocycles. The van der Waals surface area contributed by atoms with Crippen molar-refractivity contribution in [3.05, 3.63) is 28.8 Å². The molecule has 20 heavy (non-hydrogen) atoms. The van der Waals surface area contributed by atoms with Gasteiger partial charge in [-0.3, -0.25) is 0 Å². The van der Waals surface area contributed by atoms with Gasteiger partial charge in [0.1, 0.15) is 5.75 Å². The number of aromatic hydroxyl groups is 1. The van der Waals surface area contributed by atoms with Gasteiger partial charge in [0.15, 0.2) is 0 Å². The molecule has 0 radical (unpaired) electrons. The minimum Gasteiger partial charge on any atom is -0.507 e. The lowest BCUT2D eigenvalue weighted by molar-refractivity contribution is 0.422. The molecular weight excluding hydrogens is 246 g/mol. The molecule has 0 heterocycles. The quantitative estimate of drug-likeness (QED) is 0.801. The molecule has 0 spiro atoms. The molecule has 0 fully saturated rings. The summed E-state index contributed by atoms with van der Waals surface area (Å²) >= 11 is 0. The van der Waals surface area contributed by atoms with Gasteiger partial charge in [0.2, 0.25) is 0 Å². The van der Waals surface area contributed by atoms with Gasteiger partial charge < -0.3 is 5.11 Å². The predicted octanol–water partition coefficient (Wildman–Crippen LogP) is 4.83. The second-order valence-corrected chi connectivity index (χ2v) is 7.55. The average Bonchev–Trinajstić information content (AvgIpc) is 2.28. The van der Waals surface area contributed by atoms with Gasteiger partial charge in [-0.15, -0.1) is 0 Å². The Morgan fingerprint density at radius 1 is 1.00 bits per heavy atom. The number of rotatable bonds is 3. The third-order valence-electron chi connectivity index (χ3n) is 3.54. The maximum atomic E-state index is 10.6. The van der Waals surface area contributed by atoms with Crippen molar-refractivity contribution in [3.63, 3.8) is 0 Å². The molecule has 0 aliphatic heterocycles. The smallest absolute Gasteiger partial charge is 0.123 e. The molecule has 2 heteroatoms. The zero-order chi connectivity index (χ0) is 15.6. The van der Waals surface area contributed by atoms with Crippen molar-refractivity contribution in [3.8, 4) is 11.8 Å². The van der Waals surface area contributed by atoms with Crippen molar-refractivity contribution in [1.82, 2.24) is 0 Å². The van der Waals surface area contributed by atoms with Gasteiger partial charge in [-0.1, -0.05) is 53.7 Å². The first-order valence-electron chi connectivity index (χ1n) is 7.31. The van der Waals surface area contributed by atoms with E-state index in [1.54, 1.807) is 0 Å². The summed E-state index contributed by atoms with van der Waals surface area (Å²) in [4.78, 5) is 0. The highest BCUT2D eigenvalue weighted by Crippen LogP contribution is 2.39. The van der Waals surface area contributed by atoms with Gasteiger partial charge in [0.25, 0.3) is 0 Å². The van der Waals surface area contributed by atoms with Crippen LogP contribution in [0, 0.1) is 11.3 Å². The van der Waals surface area contributed by atoms with Crippen LogP contribution in [0.2, 0.25) is 0 Å². The molecule has 1 aromatic rings. The number of benzene rings is 1. The van der Waals surface area contributed by atoms with E-state index in [9.17, 15) is 5.11 Å². The minimum atomic E-state index is -0.0880. The number of hydrogen-bond donors (Lipinski definition) is 1. The molecular formula is C18H27NO. The Hall–Kier alpha value is -1.49. The van der Waals surface area contributed by atoms with Gasteiger partial charge in [-0.2, -0.15) is 5.26 Å². The van der Waals surface area contributed by atoms with Crippen LogP contribution in [0.25, 0.3) is 0 Å². The molecule has 1 rings (SSSR count). The van der Waals surface area contributed by atoms with Gasteiger partial charge in [0.05, 0.1) is 6.07 Å². The summed E-state index contributed by atoms with van der Waals surface area (Å²) < 4.78 is 0. The number of hydrogen-bond acceptors (Lipinski definition) is 2. The van der Waals surface area contributed by atoms with Crippen molar-refractivity contribution in [2.24, 2.45) is 0 Å². The molecule has 1 aromatic carbocycles.